The lowest BCUT2D eigenvalue weighted by molar-refractivity contribution is -0.137. The fourth-order valence-corrected chi connectivity index (χ4v) is 2.03. The topological polar surface area (TPSA) is 55.1 Å². The van der Waals surface area contributed by atoms with Crippen molar-refractivity contribution in [1.29, 1.82) is 0 Å². The van der Waals surface area contributed by atoms with Gasteiger partial charge in [-0.3, -0.25) is 4.79 Å². The number of hydrogen-bond acceptors (Lipinski definition) is 3. The quantitative estimate of drug-likeness (QED) is 0.909. The van der Waals surface area contributed by atoms with Crippen LogP contribution in [0.2, 0.25) is 0 Å². The first-order chi connectivity index (χ1) is 10.8. The standard InChI is InChI=1S/C16H17F3N2O2/c1-10(2)7-13-8-14(23-21-13)9-20-15(22)11-3-5-12(6-4-11)16(17,18)19/h3-6,8,10H,7,9H2,1-2H3,(H,20,22). The Kier molecular flexibility index (Phi) is 5.08. The predicted molar refractivity (Wildman–Crippen MR) is 77.7 cm³/mol. The summed E-state index contributed by atoms with van der Waals surface area (Å²) in [4.78, 5) is 11.9. The molecule has 23 heavy (non-hydrogen) atoms. The van der Waals surface area contributed by atoms with Crippen LogP contribution < -0.4 is 5.32 Å². The van der Waals surface area contributed by atoms with E-state index in [4.69, 9.17) is 4.52 Å². The van der Waals surface area contributed by atoms with Crippen LogP contribution in [0.1, 0.15) is 41.2 Å². The molecule has 1 amide bonds. The number of hydrogen-bond donors (Lipinski definition) is 1. The number of halogens is 3. The van der Waals surface area contributed by atoms with Gasteiger partial charge in [0.05, 0.1) is 17.8 Å². The molecule has 0 aliphatic carbocycles. The molecule has 2 aromatic rings. The zero-order valence-corrected chi connectivity index (χ0v) is 12.8. The summed E-state index contributed by atoms with van der Waals surface area (Å²) in [5, 5.41) is 6.48. The van der Waals surface area contributed by atoms with E-state index in [0.717, 1.165) is 36.4 Å². The maximum absolute atomic E-state index is 12.5. The SMILES string of the molecule is CC(C)Cc1cc(CNC(=O)c2ccc(C(F)(F)F)cc2)on1. The normalized spacial score (nSPS) is 11.7. The lowest BCUT2D eigenvalue weighted by atomic mass is 10.1. The van der Waals surface area contributed by atoms with Gasteiger partial charge in [-0.25, -0.2) is 0 Å². The van der Waals surface area contributed by atoms with Crippen molar-refractivity contribution in [2.75, 3.05) is 0 Å². The second-order valence-corrected chi connectivity index (χ2v) is 5.64. The second-order valence-electron chi connectivity index (χ2n) is 5.64. The zero-order valence-electron chi connectivity index (χ0n) is 12.8. The number of nitrogens with one attached hydrogen (secondary N) is 1. The molecule has 1 aromatic heterocycles. The Balaban J connectivity index is 1.93. The van der Waals surface area contributed by atoms with Crippen molar-refractivity contribution in [3.8, 4) is 0 Å². The van der Waals surface area contributed by atoms with E-state index in [1.807, 2.05) is 0 Å². The third-order valence-electron chi connectivity index (χ3n) is 3.12. The molecule has 124 valence electrons. The Labute approximate surface area is 131 Å². The number of aromatic nitrogens is 1. The number of alkyl halides is 3. The second kappa shape index (κ2) is 6.85. The van der Waals surface area contributed by atoms with Gasteiger partial charge in [0.15, 0.2) is 5.76 Å². The minimum absolute atomic E-state index is 0.130. The van der Waals surface area contributed by atoms with Crippen LogP contribution in [-0.2, 0) is 19.1 Å². The van der Waals surface area contributed by atoms with Gasteiger partial charge in [0, 0.05) is 11.6 Å². The van der Waals surface area contributed by atoms with Gasteiger partial charge in [-0.2, -0.15) is 13.2 Å². The summed E-state index contributed by atoms with van der Waals surface area (Å²) in [6.07, 6.45) is -3.64. The number of amides is 1. The van der Waals surface area contributed by atoms with Crippen LogP contribution in [0.25, 0.3) is 0 Å². The van der Waals surface area contributed by atoms with E-state index in [1.165, 1.54) is 0 Å². The van der Waals surface area contributed by atoms with Crippen molar-refractivity contribution < 1.29 is 22.5 Å². The zero-order chi connectivity index (χ0) is 17.0. The highest BCUT2D eigenvalue weighted by Gasteiger charge is 2.30. The van der Waals surface area contributed by atoms with Gasteiger partial charge in [-0.1, -0.05) is 19.0 Å². The van der Waals surface area contributed by atoms with Gasteiger partial charge in [0.1, 0.15) is 0 Å². The summed E-state index contributed by atoms with van der Waals surface area (Å²) in [6, 6.07) is 5.80. The summed E-state index contributed by atoms with van der Waals surface area (Å²) >= 11 is 0. The molecule has 0 fully saturated rings. The Bertz CT molecular complexity index is 661. The van der Waals surface area contributed by atoms with E-state index in [0.29, 0.717) is 11.7 Å². The molecular formula is C16H17F3N2O2. The number of carbonyl (C=O) groups excluding carboxylic acids is 1. The summed E-state index contributed by atoms with van der Waals surface area (Å²) in [5.41, 5.74) is 0.168. The highest BCUT2D eigenvalue weighted by Crippen LogP contribution is 2.29. The van der Waals surface area contributed by atoms with Crippen LogP contribution in [0.5, 0.6) is 0 Å². The fourth-order valence-electron chi connectivity index (χ4n) is 2.03. The van der Waals surface area contributed by atoms with E-state index in [-0.39, 0.29) is 12.1 Å². The Morgan fingerprint density at radius 2 is 1.91 bits per heavy atom. The van der Waals surface area contributed by atoms with Crippen molar-refractivity contribution in [3.05, 3.63) is 52.9 Å². The summed E-state index contributed by atoms with van der Waals surface area (Å²) in [5.74, 6) is 0.469. The molecule has 0 unspecified atom stereocenters. The van der Waals surface area contributed by atoms with Crippen molar-refractivity contribution in [1.82, 2.24) is 10.5 Å². The Morgan fingerprint density at radius 3 is 2.48 bits per heavy atom. The van der Waals surface area contributed by atoms with E-state index >= 15 is 0 Å². The number of carbonyl (C=O) groups is 1. The average molecular weight is 326 g/mol. The number of nitrogens with zero attached hydrogens (tertiary/aromatic N) is 1. The van der Waals surface area contributed by atoms with Crippen LogP contribution in [0, 0.1) is 5.92 Å². The lowest BCUT2D eigenvalue weighted by Gasteiger charge is -2.07. The first-order valence-corrected chi connectivity index (χ1v) is 7.15. The van der Waals surface area contributed by atoms with Gasteiger partial charge in [-0.15, -0.1) is 0 Å². The largest absolute Gasteiger partial charge is 0.416 e. The van der Waals surface area contributed by atoms with Crippen LogP contribution in [0.4, 0.5) is 13.2 Å². The molecule has 0 atom stereocenters. The highest BCUT2D eigenvalue weighted by molar-refractivity contribution is 5.94. The highest BCUT2D eigenvalue weighted by atomic mass is 19.4. The number of benzene rings is 1. The summed E-state index contributed by atoms with van der Waals surface area (Å²) < 4.78 is 42.5. The molecular weight excluding hydrogens is 309 g/mol. The molecule has 1 aromatic carbocycles. The molecule has 0 saturated heterocycles. The van der Waals surface area contributed by atoms with Gasteiger partial charge >= 0.3 is 6.18 Å². The van der Waals surface area contributed by atoms with E-state index in [9.17, 15) is 18.0 Å². The molecule has 0 spiro atoms. The van der Waals surface area contributed by atoms with Crippen molar-refractivity contribution in [3.63, 3.8) is 0 Å². The predicted octanol–water partition coefficient (Wildman–Crippen LogP) is 3.82. The first kappa shape index (κ1) is 17.1. The molecule has 0 radical (unpaired) electrons. The molecule has 4 nitrogen and oxygen atoms in total. The van der Waals surface area contributed by atoms with Crippen LogP contribution >= 0.6 is 0 Å². The van der Waals surface area contributed by atoms with Gasteiger partial charge in [0.2, 0.25) is 0 Å². The van der Waals surface area contributed by atoms with Gasteiger partial charge in [-0.05, 0) is 36.6 Å². The lowest BCUT2D eigenvalue weighted by Crippen LogP contribution is -2.22. The molecule has 1 N–H and O–H groups in total. The molecule has 0 aliphatic heterocycles. The maximum Gasteiger partial charge on any atom is 0.416 e. The van der Waals surface area contributed by atoms with Crippen molar-refractivity contribution in [2.45, 2.75) is 33.0 Å². The molecule has 0 bridgehead atoms. The van der Waals surface area contributed by atoms with Crippen LogP contribution in [0.3, 0.4) is 0 Å². The van der Waals surface area contributed by atoms with Crippen LogP contribution in [0.15, 0.2) is 34.9 Å². The summed E-state index contributed by atoms with van der Waals surface area (Å²) in [6.45, 7) is 4.24. The Hall–Kier alpha value is -2.31. The molecule has 2 rings (SSSR count). The Morgan fingerprint density at radius 1 is 1.26 bits per heavy atom. The smallest absolute Gasteiger partial charge is 0.359 e. The van der Waals surface area contributed by atoms with Gasteiger partial charge in [0.25, 0.3) is 5.91 Å². The van der Waals surface area contributed by atoms with Gasteiger partial charge < -0.3 is 9.84 Å². The fraction of sp³-hybridized carbons (Fsp3) is 0.375. The van der Waals surface area contributed by atoms with E-state index in [1.54, 1.807) is 6.07 Å². The third-order valence-corrected chi connectivity index (χ3v) is 3.12. The molecule has 0 saturated carbocycles. The first-order valence-electron chi connectivity index (χ1n) is 7.15. The minimum atomic E-state index is -4.42. The molecule has 1 heterocycles. The maximum atomic E-state index is 12.5. The van der Waals surface area contributed by atoms with Crippen molar-refractivity contribution >= 4 is 5.91 Å². The minimum Gasteiger partial charge on any atom is -0.359 e. The average Bonchev–Trinajstić information content (AvgIpc) is 2.90. The third kappa shape index (κ3) is 4.84. The summed E-state index contributed by atoms with van der Waals surface area (Å²) in [7, 11) is 0. The monoisotopic (exact) mass is 326 g/mol. The van der Waals surface area contributed by atoms with Crippen molar-refractivity contribution in [2.24, 2.45) is 5.92 Å². The van der Waals surface area contributed by atoms with E-state index < -0.39 is 17.6 Å². The molecule has 0 aliphatic rings. The van der Waals surface area contributed by atoms with Crippen LogP contribution in [-0.4, -0.2) is 11.1 Å². The van der Waals surface area contributed by atoms with E-state index in [2.05, 4.69) is 24.3 Å². The number of rotatable bonds is 5. The molecule has 7 heteroatoms.